The average molecular weight is 393 g/mol. The molecule has 1 saturated carbocycles. The number of nitrogens with zero attached hydrogens (tertiary/aromatic N) is 1. The van der Waals surface area contributed by atoms with Gasteiger partial charge < -0.3 is 10.1 Å². The molecule has 0 bridgehead atoms. The van der Waals surface area contributed by atoms with Gasteiger partial charge in [-0.2, -0.15) is 0 Å². The van der Waals surface area contributed by atoms with Crippen LogP contribution in [-0.4, -0.2) is 18.0 Å². The van der Waals surface area contributed by atoms with Gasteiger partial charge in [0.15, 0.2) is 0 Å². The number of carbonyl (C=O) groups is 1. The molecular formula is C23H24N2O2S. The van der Waals surface area contributed by atoms with E-state index in [0.29, 0.717) is 12.3 Å². The Hall–Kier alpha value is -2.66. The molecule has 1 atom stereocenters. The summed E-state index contributed by atoms with van der Waals surface area (Å²) in [7, 11) is 1.66. The predicted octanol–water partition coefficient (Wildman–Crippen LogP) is 4.94. The maximum absolute atomic E-state index is 12.7. The van der Waals surface area contributed by atoms with E-state index >= 15 is 0 Å². The van der Waals surface area contributed by atoms with Crippen molar-refractivity contribution in [1.82, 2.24) is 10.3 Å². The van der Waals surface area contributed by atoms with Crippen molar-refractivity contribution >= 4 is 17.2 Å². The molecule has 2 aromatic carbocycles. The van der Waals surface area contributed by atoms with E-state index in [2.05, 4.69) is 35.4 Å². The van der Waals surface area contributed by atoms with Crippen LogP contribution in [0.2, 0.25) is 0 Å². The molecule has 4 nitrogen and oxygen atoms in total. The molecule has 28 heavy (non-hydrogen) atoms. The van der Waals surface area contributed by atoms with Gasteiger partial charge in [0.1, 0.15) is 10.8 Å². The molecule has 1 unspecified atom stereocenters. The smallest absolute Gasteiger partial charge is 0.226 e. The van der Waals surface area contributed by atoms with E-state index in [-0.39, 0.29) is 11.9 Å². The minimum absolute atomic E-state index is 0.0220. The van der Waals surface area contributed by atoms with Crippen molar-refractivity contribution in [2.24, 2.45) is 5.92 Å². The van der Waals surface area contributed by atoms with E-state index < -0.39 is 0 Å². The van der Waals surface area contributed by atoms with Crippen LogP contribution in [0.5, 0.6) is 5.75 Å². The van der Waals surface area contributed by atoms with Crippen LogP contribution in [0.4, 0.5) is 0 Å². The number of benzene rings is 2. The van der Waals surface area contributed by atoms with E-state index in [0.717, 1.165) is 40.4 Å². The number of aromatic nitrogens is 1. The molecular weight excluding hydrogens is 368 g/mol. The molecule has 1 amide bonds. The molecule has 1 aliphatic rings. The highest BCUT2D eigenvalue weighted by molar-refractivity contribution is 7.13. The van der Waals surface area contributed by atoms with Crippen LogP contribution in [-0.2, 0) is 11.2 Å². The van der Waals surface area contributed by atoms with Crippen LogP contribution < -0.4 is 10.1 Å². The molecule has 1 aromatic heterocycles. The summed E-state index contributed by atoms with van der Waals surface area (Å²) in [6, 6.07) is 16.3. The van der Waals surface area contributed by atoms with Gasteiger partial charge in [-0.25, -0.2) is 4.98 Å². The topological polar surface area (TPSA) is 51.2 Å². The maximum Gasteiger partial charge on any atom is 0.226 e. The van der Waals surface area contributed by atoms with Crippen molar-refractivity contribution in [1.29, 1.82) is 0 Å². The van der Waals surface area contributed by atoms with Gasteiger partial charge in [-0.15, -0.1) is 11.3 Å². The summed E-state index contributed by atoms with van der Waals surface area (Å²) in [4.78, 5) is 17.3. The summed E-state index contributed by atoms with van der Waals surface area (Å²) in [5.74, 6) is 1.38. The fraction of sp³-hybridized carbons (Fsp3) is 0.304. The van der Waals surface area contributed by atoms with Crippen molar-refractivity contribution in [3.63, 3.8) is 0 Å². The Labute approximate surface area is 169 Å². The molecule has 0 saturated heterocycles. The number of hydrogen-bond donors (Lipinski definition) is 1. The van der Waals surface area contributed by atoms with Crippen LogP contribution in [0, 0.1) is 12.8 Å². The van der Waals surface area contributed by atoms with Crippen molar-refractivity contribution < 1.29 is 9.53 Å². The molecule has 1 N–H and O–H groups in total. The largest absolute Gasteiger partial charge is 0.497 e. The van der Waals surface area contributed by atoms with Gasteiger partial charge in [-0.1, -0.05) is 35.9 Å². The van der Waals surface area contributed by atoms with Crippen molar-refractivity contribution in [2.75, 3.05) is 7.11 Å². The number of methoxy groups -OCH3 is 1. The standard InChI is InChI=1S/C23H24N2O2S/c1-15-4-3-5-18(12-15)23-24-19(14-28-23)13-21(26)25-22(16-6-7-16)17-8-10-20(27-2)11-9-17/h3-5,8-12,14,16,22H,6-7,13H2,1-2H3,(H,25,26). The van der Waals surface area contributed by atoms with Crippen molar-refractivity contribution in [3.8, 4) is 16.3 Å². The van der Waals surface area contributed by atoms with E-state index in [9.17, 15) is 4.79 Å². The molecule has 0 radical (unpaired) electrons. The second-order valence-electron chi connectivity index (χ2n) is 7.35. The quantitative estimate of drug-likeness (QED) is 0.620. The lowest BCUT2D eigenvalue weighted by molar-refractivity contribution is -0.121. The van der Waals surface area contributed by atoms with Gasteiger partial charge in [0, 0.05) is 10.9 Å². The van der Waals surface area contributed by atoms with E-state index in [4.69, 9.17) is 4.74 Å². The third-order valence-corrected chi connectivity index (χ3v) is 5.98. The Bertz CT molecular complexity index is 961. The molecule has 1 fully saturated rings. The summed E-state index contributed by atoms with van der Waals surface area (Å²) in [6.45, 7) is 2.07. The van der Waals surface area contributed by atoms with Gasteiger partial charge in [0.05, 0.1) is 25.3 Å². The minimum atomic E-state index is 0.0220. The molecule has 5 heteroatoms. The normalized spacial score (nSPS) is 14.5. The number of amides is 1. The fourth-order valence-corrected chi connectivity index (χ4v) is 4.22. The number of carbonyl (C=O) groups excluding carboxylic acids is 1. The van der Waals surface area contributed by atoms with Crippen LogP contribution in [0.25, 0.3) is 10.6 Å². The van der Waals surface area contributed by atoms with Gasteiger partial charge in [-0.05, 0) is 49.4 Å². The van der Waals surface area contributed by atoms with E-state index in [1.54, 1.807) is 18.4 Å². The lowest BCUT2D eigenvalue weighted by Crippen LogP contribution is -2.31. The Balaban J connectivity index is 1.43. The molecule has 1 heterocycles. The van der Waals surface area contributed by atoms with Crippen LogP contribution in [0.1, 0.15) is 35.7 Å². The zero-order valence-corrected chi connectivity index (χ0v) is 17.0. The lowest BCUT2D eigenvalue weighted by Gasteiger charge is -2.19. The number of thiazole rings is 1. The highest BCUT2D eigenvalue weighted by Gasteiger charge is 2.33. The predicted molar refractivity (Wildman–Crippen MR) is 113 cm³/mol. The summed E-state index contributed by atoms with van der Waals surface area (Å²) < 4.78 is 5.24. The van der Waals surface area contributed by atoms with Crippen LogP contribution >= 0.6 is 11.3 Å². The highest BCUT2D eigenvalue weighted by Crippen LogP contribution is 2.41. The van der Waals surface area contributed by atoms with Gasteiger partial charge in [0.2, 0.25) is 5.91 Å². The third kappa shape index (κ3) is 4.42. The van der Waals surface area contributed by atoms with Gasteiger partial charge in [-0.3, -0.25) is 4.79 Å². The Morgan fingerprint density at radius 2 is 2.04 bits per heavy atom. The highest BCUT2D eigenvalue weighted by atomic mass is 32.1. The van der Waals surface area contributed by atoms with Crippen molar-refractivity contribution in [2.45, 2.75) is 32.2 Å². The van der Waals surface area contributed by atoms with E-state index in [1.807, 2.05) is 35.7 Å². The first-order chi connectivity index (χ1) is 13.6. The Morgan fingerprint density at radius 3 is 2.71 bits per heavy atom. The number of hydrogen-bond acceptors (Lipinski definition) is 4. The first kappa shape index (κ1) is 18.7. The third-order valence-electron chi connectivity index (χ3n) is 5.04. The number of rotatable bonds is 7. The lowest BCUT2D eigenvalue weighted by atomic mass is 10.0. The Kier molecular flexibility index (Phi) is 5.44. The number of aryl methyl sites for hydroxylation is 1. The van der Waals surface area contributed by atoms with Crippen LogP contribution in [0.15, 0.2) is 53.9 Å². The van der Waals surface area contributed by atoms with Crippen molar-refractivity contribution in [3.05, 3.63) is 70.7 Å². The second-order valence-corrected chi connectivity index (χ2v) is 8.20. The molecule has 3 aromatic rings. The maximum atomic E-state index is 12.7. The number of nitrogens with one attached hydrogen (secondary N) is 1. The molecule has 144 valence electrons. The molecule has 4 rings (SSSR count). The molecule has 0 aliphatic heterocycles. The number of ether oxygens (including phenoxy) is 1. The van der Waals surface area contributed by atoms with Crippen LogP contribution in [0.3, 0.4) is 0 Å². The zero-order valence-electron chi connectivity index (χ0n) is 16.1. The molecule has 1 aliphatic carbocycles. The summed E-state index contributed by atoms with van der Waals surface area (Å²) in [5.41, 5.74) is 4.27. The fourth-order valence-electron chi connectivity index (χ4n) is 3.40. The Morgan fingerprint density at radius 1 is 1.25 bits per heavy atom. The summed E-state index contributed by atoms with van der Waals surface area (Å²) in [5, 5.41) is 6.17. The zero-order chi connectivity index (χ0) is 19.5. The summed E-state index contributed by atoms with van der Waals surface area (Å²) in [6.07, 6.45) is 2.62. The first-order valence-electron chi connectivity index (χ1n) is 9.57. The summed E-state index contributed by atoms with van der Waals surface area (Å²) >= 11 is 1.59. The molecule has 0 spiro atoms. The first-order valence-corrected chi connectivity index (χ1v) is 10.4. The minimum Gasteiger partial charge on any atom is -0.497 e. The second kappa shape index (κ2) is 8.15. The van der Waals surface area contributed by atoms with Gasteiger partial charge in [0.25, 0.3) is 0 Å². The van der Waals surface area contributed by atoms with E-state index in [1.165, 1.54) is 5.56 Å². The van der Waals surface area contributed by atoms with Gasteiger partial charge >= 0.3 is 0 Å². The average Bonchev–Trinajstić information content (AvgIpc) is 3.45. The monoisotopic (exact) mass is 392 g/mol. The SMILES string of the molecule is COc1ccc(C(NC(=O)Cc2csc(-c3cccc(C)c3)n2)C2CC2)cc1.